The third-order valence-corrected chi connectivity index (χ3v) is 4.59. The van der Waals surface area contributed by atoms with E-state index in [9.17, 15) is 4.79 Å². The van der Waals surface area contributed by atoms with Gasteiger partial charge in [-0.2, -0.15) is 5.26 Å². The molecule has 1 heterocycles. The normalized spacial score (nSPS) is 14.8. The Kier molecular flexibility index (Phi) is 5.83. The van der Waals surface area contributed by atoms with Gasteiger partial charge in [0, 0.05) is 5.02 Å². The second-order valence-electron chi connectivity index (χ2n) is 5.92. The molecular weight excluding hydrogens is 398 g/mol. The molecule has 0 bridgehead atoms. The third kappa shape index (κ3) is 3.93. The molecule has 0 unspecified atom stereocenters. The first-order valence-corrected chi connectivity index (χ1v) is 9.04. The van der Waals surface area contributed by atoms with Crippen LogP contribution in [0.1, 0.15) is 11.1 Å². The van der Waals surface area contributed by atoms with Gasteiger partial charge in [-0.1, -0.05) is 17.7 Å². The second kappa shape index (κ2) is 8.30. The number of halogens is 1. The van der Waals surface area contributed by atoms with Crippen molar-refractivity contribution < 1.29 is 14.3 Å². The molecular formula is C20H16ClN3O3S. The molecule has 0 atom stereocenters. The van der Waals surface area contributed by atoms with Gasteiger partial charge in [0.05, 0.1) is 12.8 Å². The lowest BCUT2D eigenvalue weighted by molar-refractivity contribution is -0.113. The molecule has 1 N–H and O–H groups in total. The van der Waals surface area contributed by atoms with Gasteiger partial charge in [-0.15, -0.1) is 0 Å². The fourth-order valence-electron chi connectivity index (χ4n) is 2.79. The zero-order valence-electron chi connectivity index (χ0n) is 15.2. The molecule has 3 rings (SSSR count). The van der Waals surface area contributed by atoms with Crippen LogP contribution in [0, 0.1) is 18.3 Å². The van der Waals surface area contributed by atoms with Gasteiger partial charge in [-0.05, 0) is 66.7 Å². The number of carbonyl (C=O) groups is 1. The Bertz CT molecular complexity index is 1030. The fourth-order valence-corrected chi connectivity index (χ4v) is 3.31. The number of nitrogens with one attached hydrogen (secondary N) is 1. The minimum Gasteiger partial charge on any atom is -0.493 e. The summed E-state index contributed by atoms with van der Waals surface area (Å²) in [5, 5.41) is 12.5. The smallest absolute Gasteiger partial charge is 0.281 e. The van der Waals surface area contributed by atoms with Gasteiger partial charge in [-0.3, -0.25) is 9.69 Å². The fraction of sp³-hybridized carbons (Fsp3) is 0.150. The minimum absolute atomic E-state index is 0.0828. The molecule has 1 amide bonds. The van der Waals surface area contributed by atoms with E-state index in [4.69, 9.17) is 38.6 Å². The molecule has 1 aliphatic heterocycles. The highest BCUT2D eigenvalue weighted by molar-refractivity contribution is 7.80. The first-order valence-electron chi connectivity index (χ1n) is 8.25. The topological polar surface area (TPSA) is 74.6 Å². The zero-order valence-corrected chi connectivity index (χ0v) is 16.7. The molecule has 0 aliphatic carbocycles. The summed E-state index contributed by atoms with van der Waals surface area (Å²) in [6, 6.07) is 12.3. The van der Waals surface area contributed by atoms with Crippen molar-refractivity contribution in [3.05, 3.63) is 58.2 Å². The number of ether oxygens (including phenoxy) is 2. The number of methoxy groups -OCH3 is 1. The van der Waals surface area contributed by atoms with Crippen molar-refractivity contribution in [3.63, 3.8) is 0 Å². The number of aryl methyl sites for hydroxylation is 1. The Morgan fingerprint density at radius 3 is 2.75 bits per heavy atom. The van der Waals surface area contributed by atoms with Crippen molar-refractivity contribution in [2.75, 3.05) is 18.6 Å². The van der Waals surface area contributed by atoms with E-state index in [0.29, 0.717) is 33.0 Å². The molecule has 142 valence electrons. The van der Waals surface area contributed by atoms with Crippen molar-refractivity contribution in [2.45, 2.75) is 6.92 Å². The standard InChI is InChI=1S/C20H16ClN3O3S/c1-12-9-14(21)4-5-16(12)24-19(25)15(23-20(24)28)10-13-3-6-17(27-8-7-22)18(11-13)26-2/h3-6,9-11H,8H2,1-2H3,(H,23,28)/b15-10-. The minimum atomic E-state index is -0.265. The molecule has 1 fully saturated rings. The predicted molar refractivity (Wildman–Crippen MR) is 111 cm³/mol. The van der Waals surface area contributed by atoms with Crippen molar-refractivity contribution in [3.8, 4) is 17.6 Å². The predicted octanol–water partition coefficient (Wildman–Crippen LogP) is 3.82. The molecule has 2 aromatic rings. The molecule has 28 heavy (non-hydrogen) atoms. The summed E-state index contributed by atoms with van der Waals surface area (Å²) in [6.07, 6.45) is 1.68. The molecule has 6 nitrogen and oxygen atoms in total. The Morgan fingerprint density at radius 2 is 2.07 bits per heavy atom. The number of benzene rings is 2. The number of hydrogen-bond donors (Lipinski definition) is 1. The first kappa shape index (κ1) is 19.7. The van der Waals surface area contributed by atoms with E-state index in [-0.39, 0.29) is 12.5 Å². The highest BCUT2D eigenvalue weighted by Crippen LogP contribution is 2.31. The van der Waals surface area contributed by atoms with Gasteiger partial charge in [0.25, 0.3) is 5.91 Å². The van der Waals surface area contributed by atoms with Crippen molar-refractivity contribution in [1.29, 1.82) is 5.26 Å². The zero-order chi connectivity index (χ0) is 20.3. The Balaban J connectivity index is 1.90. The van der Waals surface area contributed by atoms with E-state index in [2.05, 4.69) is 5.32 Å². The van der Waals surface area contributed by atoms with Crippen LogP contribution in [-0.4, -0.2) is 24.7 Å². The van der Waals surface area contributed by atoms with E-state index >= 15 is 0 Å². The number of rotatable bonds is 5. The van der Waals surface area contributed by atoms with Crippen LogP contribution in [0.3, 0.4) is 0 Å². The van der Waals surface area contributed by atoms with Crippen LogP contribution in [0.4, 0.5) is 5.69 Å². The van der Waals surface area contributed by atoms with E-state index in [1.165, 1.54) is 12.0 Å². The van der Waals surface area contributed by atoms with Crippen molar-refractivity contribution >= 4 is 46.6 Å². The van der Waals surface area contributed by atoms with Gasteiger partial charge >= 0.3 is 0 Å². The summed E-state index contributed by atoms with van der Waals surface area (Å²) in [5.74, 6) is 0.646. The summed E-state index contributed by atoms with van der Waals surface area (Å²) >= 11 is 11.3. The summed E-state index contributed by atoms with van der Waals surface area (Å²) in [7, 11) is 1.50. The van der Waals surface area contributed by atoms with Gasteiger partial charge in [0.1, 0.15) is 11.8 Å². The molecule has 2 aromatic carbocycles. The number of thiocarbonyl (C=S) groups is 1. The molecule has 8 heteroatoms. The Hall–Kier alpha value is -3.08. The molecule has 1 saturated heterocycles. The highest BCUT2D eigenvalue weighted by atomic mass is 35.5. The molecule has 0 saturated carbocycles. The Labute approximate surface area is 172 Å². The maximum absolute atomic E-state index is 12.9. The molecule has 0 aromatic heterocycles. The second-order valence-corrected chi connectivity index (χ2v) is 6.74. The van der Waals surface area contributed by atoms with Crippen LogP contribution in [0.15, 0.2) is 42.1 Å². The van der Waals surface area contributed by atoms with Crippen LogP contribution in [0.25, 0.3) is 6.08 Å². The van der Waals surface area contributed by atoms with Crippen LogP contribution in [0.2, 0.25) is 5.02 Å². The van der Waals surface area contributed by atoms with Crippen LogP contribution < -0.4 is 19.7 Å². The van der Waals surface area contributed by atoms with Crippen LogP contribution >= 0.6 is 23.8 Å². The largest absolute Gasteiger partial charge is 0.493 e. The molecule has 0 spiro atoms. The quantitative estimate of drug-likeness (QED) is 0.593. The number of hydrogen-bond acceptors (Lipinski definition) is 5. The lowest BCUT2D eigenvalue weighted by Crippen LogP contribution is -2.30. The van der Waals surface area contributed by atoms with E-state index < -0.39 is 0 Å². The number of carbonyl (C=O) groups excluding carboxylic acids is 1. The number of anilines is 1. The third-order valence-electron chi connectivity index (χ3n) is 4.07. The first-order chi connectivity index (χ1) is 13.4. The van der Waals surface area contributed by atoms with Crippen molar-refractivity contribution in [1.82, 2.24) is 5.32 Å². The summed E-state index contributed by atoms with van der Waals surface area (Å²) in [4.78, 5) is 14.3. The molecule has 0 radical (unpaired) electrons. The average Bonchev–Trinajstić information content (AvgIpc) is 2.94. The lowest BCUT2D eigenvalue weighted by Gasteiger charge is -2.16. The van der Waals surface area contributed by atoms with Crippen LogP contribution in [0.5, 0.6) is 11.5 Å². The highest BCUT2D eigenvalue weighted by Gasteiger charge is 2.32. The van der Waals surface area contributed by atoms with Gasteiger partial charge in [-0.25, -0.2) is 0 Å². The van der Waals surface area contributed by atoms with E-state index in [0.717, 1.165) is 11.1 Å². The Morgan fingerprint density at radius 1 is 1.29 bits per heavy atom. The maximum atomic E-state index is 12.9. The van der Waals surface area contributed by atoms with E-state index in [1.54, 1.807) is 42.5 Å². The van der Waals surface area contributed by atoms with E-state index in [1.807, 2.05) is 13.0 Å². The number of nitriles is 1. The number of nitrogens with zero attached hydrogens (tertiary/aromatic N) is 2. The van der Waals surface area contributed by atoms with Gasteiger partial charge < -0.3 is 14.8 Å². The summed E-state index contributed by atoms with van der Waals surface area (Å²) in [6.45, 7) is 1.78. The SMILES string of the molecule is COc1cc(/C=C2\NC(=S)N(c3ccc(Cl)cc3C)C2=O)ccc1OCC#N. The van der Waals surface area contributed by atoms with Crippen LogP contribution in [-0.2, 0) is 4.79 Å². The van der Waals surface area contributed by atoms with Gasteiger partial charge in [0.2, 0.25) is 0 Å². The lowest BCUT2D eigenvalue weighted by atomic mass is 10.1. The molecule has 1 aliphatic rings. The maximum Gasteiger partial charge on any atom is 0.281 e. The summed E-state index contributed by atoms with van der Waals surface area (Å²) in [5.41, 5.74) is 2.57. The number of amides is 1. The summed E-state index contributed by atoms with van der Waals surface area (Å²) < 4.78 is 10.6. The van der Waals surface area contributed by atoms with Gasteiger partial charge in [0.15, 0.2) is 23.2 Å². The van der Waals surface area contributed by atoms with Crippen molar-refractivity contribution in [2.24, 2.45) is 0 Å². The average molecular weight is 414 g/mol. The monoisotopic (exact) mass is 413 g/mol.